The molecule has 0 aromatic heterocycles. The first-order valence-electron chi connectivity index (χ1n) is 10.5. The molecule has 160 valence electrons. The highest BCUT2D eigenvalue weighted by Crippen LogP contribution is 2.27. The first-order valence-corrected chi connectivity index (χ1v) is 12.0. The van der Waals surface area contributed by atoms with Crippen molar-refractivity contribution >= 4 is 15.9 Å². The average molecular weight is 435 g/mol. The number of nitrogens with one attached hydrogen (secondary N) is 2. The fourth-order valence-corrected chi connectivity index (χ4v) is 4.97. The normalized spacial score (nSPS) is 13.8. The Labute approximate surface area is 183 Å². The summed E-state index contributed by atoms with van der Waals surface area (Å²) in [5, 5.41) is 2.95. The summed E-state index contributed by atoms with van der Waals surface area (Å²) in [5.74, 6) is -0.111. The zero-order chi connectivity index (χ0) is 21.7. The van der Waals surface area contributed by atoms with E-state index < -0.39 is 10.0 Å². The highest BCUT2D eigenvalue weighted by molar-refractivity contribution is 7.89. The summed E-state index contributed by atoms with van der Waals surface area (Å²) in [6, 6.07) is 26.7. The Morgan fingerprint density at radius 3 is 2.06 bits per heavy atom. The Kier molecular flexibility index (Phi) is 6.49. The van der Waals surface area contributed by atoms with Crippen molar-refractivity contribution in [2.45, 2.75) is 36.1 Å². The predicted molar refractivity (Wildman–Crippen MR) is 121 cm³/mol. The lowest BCUT2D eigenvalue weighted by Crippen LogP contribution is -2.28. The van der Waals surface area contributed by atoms with E-state index in [2.05, 4.69) is 34.3 Å². The van der Waals surface area contributed by atoms with Crippen LogP contribution in [0, 0.1) is 0 Å². The summed E-state index contributed by atoms with van der Waals surface area (Å²) in [5.41, 5.74) is 2.74. The summed E-state index contributed by atoms with van der Waals surface area (Å²) in [4.78, 5) is 12.8. The molecule has 6 heteroatoms. The minimum absolute atomic E-state index is 0.0235. The topological polar surface area (TPSA) is 75.3 Å². The zero-order valence-electron chi connectivity index (χ0n) is 17.2. The Morgan fingerprint density at radius 2 is 1.48 bits per heavy atom. The van der Waals surface area contributed by atoms with E-state index in [1.165, 1.54) is 23.3 Å². The number of hydrogen-bond donors (Lipinski definition) is 2. The van der Waals surface area contributed by atoms with Gasteiger partial charge in [-0.25, -0.2) is 13.1 Å². The van der Waals surface area contributed by atoms with E-state index >= 15 is 0 Å². The molecule has 4 rings (SSSR count). The number of amides is 1. The van der Waals surface area contributed by atoms with Crippen molar-refractivity contribution < 1.29 is 13.2 Å². The summed E-state index contributed by atoms with van der Waals surface area (Å²) < 4.78 is 27.5. The lowest BCUT2D eigenvalue weighted by Gasteiger charge is -2.18. The molecule has 0 spiro atoms. The minimum Gasteiger partial charge on any atom is -0.352 e. The smallest absolute Gasteiger partial charge is 0.251 e. The van der Waals surface area contributed by atoms with Crippen LogP contribution in [0.3, 0.4) is 0 Å². The highest BCUT2D eigenvalue weighted by atomic mass is 32.2. The van der Waals surface area contributed by atoms with Gasteiger partial charge in [0.05, 0.1) is 4.90 Å². The molecule has 0 aliphatic heterocycles. The molecule has 0 heterocycles. The van der Waals surface area contributed by atoms with Gasteiger partial charge in [-0.05, 0) is 48.6 Å². The molecular weight excluding hydrogens is 408 g/mol. The number of carbonyl (C=O) groups excluding carboxylic acids is 1. The molecular formula is C25H26N2O3S. The van der Waals surface area contributed by atoms with Crippen molar-refractivity contribution in [3.8, 4) is 0 Å². The van der Waals surface area contributed by atoms with Gasteiger partial charge in [-0.1, -0.05) is 66.7 Å². The van der Waals surface area contributed by atoms with E-state index in [0.29, 0.717) is 12.1 Å². The average Bonchev–Trinajstić information content (AvgIpc) is 3.61. The van der Waals surface area contributed by atoms with Gasteiger partial charge in [0.25, 0.3) is 5.91 Å². The van der Waals surface area contributed by atoms with Gasteiger partial charge in [0.2, 0.25) is 10.0 Å². The first-order chi connectivity index (χ1) is 15.0. The van der Waals surface area contributed by atoms with Crippen LogP contribution in [0.2, 0.25) is 0 Å². The van der Waals surface area contributed by atoms with Gasteiger partial charge >= 0.3 is 0 Å². The molecule has 31 heavy (non-hydrogen) atoms. The Bertz CT molecular complexity index is 1090. The largest absolute Gasteiger partial charge is 0.352 e. The monoisotopic (exact) mass is 434 g/mol. The van der Waals surface area contributed by atoms with Crippen molar-refractivity contribution in [2.75, 3.05) is 6.54 Å². The molecule has 1 aliphatic rings. The van der Waals surface area contributed by atoms with Crippen molar-refractivity contribution in [3.63, 3.8) is 0 Å². The number of sulfonamides is 1. The van der Waals surface area contributed by atoms with E-state index in [0.717, 1.165) is 19.3 Å². The van der Waals surface area contributed by atoms with Crippen LogP contribution >= 0.6 is 0 Å². The zero-order valence-corrected chi connectivity index (χ0v) is 18.0. The van der Waals surface area contributed by atoms with E-state index in [-0.39, 0.29) is 22.8 Å². The molecule has 0 radical (unpaired) electrons. The molecule has 0 saturated heterocycles. The van der Waals surface area contributed by atoms with Gasteiger partial charge in [0.1, 0.15) is 0 Å². The van der Waals surface area contributed by atoms with Crippen LogP contribution in [0.15, 0.2) is 89.8 Å². The van der Waals surface area contributed by atoms with Crippen molar-refractivity contribution in [1.82, 2.24) is 10.0 Å². The van der Waals surface area contributed by atoms with Crippen LogP contribution in [0.25, 0.3) is 0 Å². The molecule has 2 N–H and O–H groups in total. The van der Waals surface area contributed by atoms with Gasteiger partial charge < -0.3 is 5.32 Å². The van der Waals surface area contributed by atoms with Crippen molar-refractivity contribution in [1.29, 1.82) is 0 Å². The quantitative estimate of drug-likeness (QED) is 0.533. The van der Waals surface area contributed by atoms with Gasteiger partial charge in [-0.15, -0.1) is 0 Å². The Balaban J connectivity index is 1.42. The molecule has 3 aromatic carbocycles. The van der Waals surface area contributed by atoms with Crippen LogP contribution in [0.4, 0.5) is 0 Å². The maximum Gasteiger partial charge on any atom is 0.251 e. The fourth-order valence-electron chi connectivity index (χ4n) is 3.62. The standard InChI is InChI=1S/C25H26N2O3S/c28-25(21-12-7-13-23(18-21)31(29,30)27-22-14-15-22)26-17-16-24(19-8-3-1-4-9-19)20-10-5-2-6-11-20/h1-13,18,22,24,27H,14-17H2,(H,26,28). The van der Waals surface area contributed by atoms with E-state index in [1.807, 2.05) is 36.4 Å². The number of rotatable bonds is 9. The Morgan fingerprint density at radius 1 is 0.871 bits per heavy atom. The molecule has 1 amide bonds. The molecule has 1 fully saturated rings. The van der Waals surface area contributed by atoms with E-state index in [4.69, 9.17) is 0 Å². The third kappa shape index (κ3) is 5.60. The third-order valence-corrected chi connectivity index (χ3v) is 6.95. The third-order valence-electron chi connectivity index (χ3n) is 5.43. The molecule has 5 nitrogen and oxygen atoms in total. The molecule has 0 bridgehead atoms. The maximum atomic E-state index is 12.7. The predicted octanol–water partition coefficient (Wildman–Crippen LogP) is 4.08. The minimum atomic E-state index is -3.59. The second kappa shape index (κ2) is 9.45. The maximum absolute atomic E-state index is 12.7. The van der Waals surface area contributed by atoms with Crippen LogP contribution in [0.1, 0.15) is 46.7 Å². The molecule has 1 aliphatic carbocycles. The Hall–Kier alpha value is -2.96. The second-order valence-electron chi connectivity index (χ2n) is 7.84. The first kappa shape index (κ1) is 21.3. The van der Waals surface area contributed by atoms with E-state index in [1.54, 1.807) is 12.1 Å². The van der Waals surface area contributed by atoms with Crippen LogP contribution in [-0.2, 0) is 10.0 Å². The van der Waals surface area contributed by atoms with Gasteiger partial charge in [0, 0.05) is 24.1 Å². The number of carbonyl (C=O) groups is 1. The lowest BCUT2D eigenvalue weighted by molar-refractivity contribution is 0.0952. The molecule has 1 saturated carbocycles. The van der Waals surface area contributed by atoms with Crippen molar-refractivity contribution in [3.05, 3.63) is 102 Å². The summed E-state index contributed by atoms with van der Waals surface area (Å²) in [6.45, 7) is 0.477. The van der Waals surface area contributed by atoms with Crippen LogP contribution < -0.4 is 10.0 Å². The van der Waals surface area contributed by atoms with Crippen LogP contribution in [-0.4, -0.2) is 26.9 Å². The number of benzene rings is 3. The fraction of sp³-hybridized carbons (Fsp3) is 0.240. The molecule has 0 atom stereocenters. The van der Waals surface area contributed by atoms with Crippen LogP contribution in [0.5, 0.6) is 0 Å². The SMILES string of the molecule is O=C(NCCC(c1ccccc1)c1ccccc1)c1cccc(S(=O)(=O)NC2CC2)c1. The summed E-state index contributed by atoms with van der Waals surface area (Å²) >= 11 is 0. The molecule has 0 unspecified atom stereocenters. The number of hydrogen-bond acceptors (Lipinski definition) is 3. The summed E-state index contributed by atoms with van der Waals surface area (Å²) in [7, 11) is -3.59. The highest BCUT2D eigenvalue weighted by Gasteiger charge is 2.28. The van der Waals surface area contributed by atoms with Gasteiger partial charge in [-0.3, -0.25) is 4.79 Å². The lowest BCUT2D eigenvalue weighted by atomic mass is 9.88. The summed E-state index contributed by atoms with van der Waals surface area (Å²) in [6.07, 6.45) is 2.47. The van der Waals surface area contributed by atoms with E-state index in [9.17, 15) is 13.2 Å². The molecule has 3 aromatic rings. The van der Waals surface area contributed by atoms with Gasteiger partial charge in [0.15, 0.2) is 0 Å². The second-order valence-corrected chi connectivity index (χ2v) is 9.56. The van der Waals surface area contributed by atoms with Crippen molar-refractivity contribution in [2.24, 2.45) is 0 Å². The van der Waals surface area contributed by atoms with Gasteiger partial charge in [-0.2, -0.15) is 0 Å².